The lowest BCUT2D eigenvalue weighted by Crippen LogP contribution is -2.41. The van der Waals surface area contributed by atoms with Gasteiger partial charge in [0.25, 0.3) is 5.92 Å². The van der Waals surface area contributed by atoms with E-state index in [1.807, 2.05) is 0 Å². The largest absolute Gasteiger partial charge is 0.354 e. The van der Waals surface area contributed by atoms with Gasteiger partial charge in [0.2, 0.25) is 5.91 Å². The van der Waals surface area contributed by atoms with Crippen molar-refractivity contribution in [1.29, 1.82) is 0 Å². The molecule has 1 amide bonds. The zero-order valence-corrected chi connectivity index (χ0v) is 12.7. The fourth-order valence-electron chi connectivity index (χ4n) is 2.29. The van der Waals surface area contributed by atoms with E-state index >= 15 is 0 Å². The molecule has 0 aromatic heterocycles. The number of hydrogen-bond donors (Lipinski definition) is 2. The van der Waals surface area contributed by atoms with E-state index in [9.17, 15) is 22.4 Å². The molecule has 8 heteroatoms. The van der Waals surface area contributed by atoms with Gasteiger partial charge in [-0.15, -0.1) is 12.4 Å². The molecule has 22 heavy (non-hydrogen) atoms. The van der Waals surface area contributed by atoms with Crippen molar-refractivity contribution in [3.63, 3.8) is 0 Å². The average molecular weight is 341 g/mol. The summed E-state index contributed by atoms with van der Waals surface area (Å²) in [5.74, 6) is -5.18. The summed E-state index contributed by atoms with van der Waals surface area (Å²) < 4.78 is 52.3. The SMILES string of the molecule is CC(CNC(=O)C1CC(F)(F)CN1)c1ccc(F)cc1F.Cl. The molecule has 3 nitrogen and oxygen atoms in total. The summed E-state index contributed by atoms with van der Waals surface area (Å²) >= 11 is 0. The van der Waals surface area contributed by atoms with E-state index in [-0.39, 0.29) is 24.5 Å². The van der Waals surface area contributed by atoms with E-state index in [0.29, 0.717) is 0 Å². The van der Waals surface area contributed by atoms with Crippen molar-refractivity contribution in [3.8, 4) is 0 Å². The van der Waals surface area contributed by atoms with E-state index in [0.717, 1.165) is 12.1 Å². The molecule has 1 aliphatic heterocycles. The van der Waals surface area contributed by atoms with Crippen molar-refractivity contribution in [3.05, 3.63) is 35.4 Å². The summed E-state index contributed by atoms with van der Waals surface area (Å²) in [4.78, 5) is 11.7. The Morgan fingerprint density at radius 1 is 1.45 bits per heavy atom. The molecule has 1 aliphatic rings. The summed E-state index contributed by atoms with van der Waals surface area (Å²) in [6.07, 6.45) is -0.544. The topological polar surface area (TPSA) is 41.1 Å². The third-order valence-corrected chi connectivity index (χ3v) is 3.50. The van der Waals surface area contributed by atoms with Crippen LogP contribution in [0.4, 0.5) is 17.6 Å². The van der Waals surface area contributed by atoms with Crippen LogP contribution in [0.15, 0.2) is 18.2 Å². The van der Waals surface area contributed by atoms with E-state index in [1.54, 1.807) is 6.92 Å². The molecule has 0 bridgehead atoms. The predicted molar refractivity (Wildman–Crippen MR) is 76.4 cm³/mol. The predicted octanol–water partition coefficient (Wildman–Crippen LogP) is 2.60. The monoisotopic (exact) mass is 340 g/mol. The molecule has 1 heterocycles. The van der Waals surface area contributed by atoms with Gasteiger partial charge in [-0.2, -0.15) is 0 Å². The Bertz CT molecular complexity index is 542. The summed E-state index contributed by atoms with van der Waals surface area (Å²) in [5.41, 5.74) is 0.265. The first kappa shape index (κ1) is 18.7. The molecule has 2 unspecified atom stereocenters. The highest BCUT2D eigenvalue weighted by Gasteiger charge is 2.42. The van der Waals surface area contributed by atoms with Crippen LogP contribution in [-0.4, -0.2) is 31.0 Å². The summed E-state index contributed by atoms with van der Waals surface area (Å²) in [6.45, 7) is 1.23. The first-order valence-corrected chi connectivity index (χ1v) is 6.62. The fraction of sp³-hybridized carbons (Fsp3) is 0.500. The standard InChI is InChI=1S/C14H16F4N2O.ClH/c1-8(10-3-2-9(15)4-11(10)16)6-19-13(21)12-5-14(17,18)7-20-12;/h2-4,8,12,20H,5-7H2,1H3,(H,19,21);1H. The second-order valence-corrected chi connectivity index (χ2v) is 5.31. The molecule has 2 atom stereocenters. The van der Waals surface area contributed by atoms with E-state index in [4.69, 9.17) is 0 Å². The van der Waals surface area contributed by atoms with Crippen molar-refractivity contribution < 1.29 is 22.4 Å². The van der Waals surface area contributed by atoms with E-state index in [2.05, 4.69) is 10.6 Å². The maximum absolute atomic E-state index is 13.6. The van der Waals surface area contributed by atoms with E-state index in [1.165, 1.54) is 6.07 Å². The van der Waals surface area contributed by atoms with Crippen LogP contribution in [0.5, 0.6) is 0 Å². The third kappa shape index (κ3) is 4.58. The van der Waals surface area contributed by atoms with Gasteiger partial charge in [0.05, 0.1) is 12.6 Å². The number of benzene rings is 1. The fourth-order valence-corrected chi connectivity index (χ4v) is 2.29. The highest BCUT2D eigenvalue weighted by molar-refractivity contribution is 5.85. The Morgan fingerprint density at radius 2 is 2.14 bits per heavy atom. The number of alkyl halides is 2. The first-order chi connectivity index (χ1) is 9.78. The maximum Gasteiger partial charge on any atom is 0.262 e. The Balaban J connectivity index is 0.00000242. The van der Waals surface area contributed by atoms with Gasteiger partial charge in [0.1, 0.15) is 11.6 Å². The van der Waals surface area contributed by atoms with Crippen molar-refractivity contribution in [2.45, 2.75) is 31.2 Å². The van der Waals surface area contributed by atoms with Gasteiger partial charge in [-0.25, -0.2) is 17.6 Å². The maximum atomic E-state index is 13.6. The third-order valence-electron chi connectivity index (χ3n) is 3.50. The highest BCUT2D eigenvalue weighted by atomic mass is 35.5. The lowest BCUT2D eigenvalue weighted by atomic mass is 10.0. The van der Waals surface area contributed by atoms with Crippen molar-refractivity contribution in [2.75, 3.05) is 13.1 Å². The van der Waals surface area contributed by atoms with Gasteiger partial charge in [-0.3, -0.25) is 10.1 Å². The van der Waals surface area contributed by atoms with Crippen LogP contribution in [0.25, 0.3) is 0 Å². The first-order valence-electron chi connectivity index (χ1n) is 6.62. The van der Waals surface area contributed by atoms with Crippen LogP contribution in [0.1, 0.15) is 24.8 Å². The van der Waals surface area contributed by atoms with Gasteiger partial charge in [0, 0.05) is 24.9 Å². The van der Waals surface area contributed by atoms with Crippen LogP contribution >= 0.6 is 12.4 Å². The van der Waals surface area contributed by atoms with Crippen LogP contribution in [0.2, 0.25) is 0 Å². The molecule has 1 saturated heterocycles. The zero-order valence-electron chi connectivity index (χ0n) is 11.8. The Kier molecular flexibility index (Phi) is 6.19. The lowest BCUT2D eigenvalue weighted by molar-refractivity contribution is -0.123. The Morgan fingerprint density at radius 3 is 2.68 bits per heavy atom. The zero-order chi connectivity index (χ0) is 15.6. The minimum absolute atomic E-state index is 0. The van der Waals surface area contributed by atoms with Crippen LogP contribution in [0.3, 0.4) is 0 Å². The summed E-state index contributed by atoms with van der Waals surface area (Å²) in [5, 5.41) is 4.95. The Hall–Kier alpha value is -1.34. The molecule has 124 valence electrons. The molecule has 0 aliphatic carbocycles. The van der Waals surface area contributed by atoms with Crippen LogP contribution < -0.4 is 10.6 Å². The normalized spacial score (nSPS) is 21.0. The smallest absolute Gasteiger partial charge is 0.262 e. The number of amides is 1. The van der Waals surface area contributed by atoms with Gasteiger partial charge < -0.3 is 5.32 Å². The quantitative estimate of drug-likeness (QED) is 0.827. The Labute approximate surface area is 131 Å². The minimum atomic E-state index is -2.88. The number of hydrogen-bond acceptors (Lipinski definition) is 2. The molecule has 2 rings (SSSR count). The van der Waals surface area contributed by atoms with E-state index < -0.39 is 48.4 Å². The average Bonchev–Trinajstić information content (AvgIpc) is 2.76. The number of nitrogens with one attached hydrogen (secondary N) is 2. The number of carbonyl (C=O) groups is 1. The van der Waals surface area contributed by atoms with Crippen molar-refractivity contribution in [1.82, 2.24) is 10.6 Å². The highest BCUT2D eigenvalue weighted by Crippen LogP contribution is 2.25. The van der Waals surface area contributed by atoms with Gasteiger partial charge in [0.15, 0.2) is 0 Å². The molecule has 0 radical (unpaired) electrons. The summed E-state index contributed by atoms with van der Waals surface area (Å²) in [6, 6.07) is 2.27. The number of carbonyl (C=O) groups excluding carboxylic acids is 1. The second kappa shape index (κ2) is 7.28. The van der Waals surface area contributed by atoms with Crippen molar-refractivity contribution >= 4 is 18.3 Å². The number of halogens is 5. The molecular weight excluding hydrogens is 324 g/mol. The van der Waals surface area contributed by atoms with Crippen LogP contribution in [0, 0.1) is 11.6 Å². The molecule has 1 fully saturated rings. The molecule has 2 N–H and O–H groups in total. The van der Waals surface area contributed by atoms with Gasteiger partial charge in [-0.05, 0) is 11.6 Å². The molecule has 0 saturated carbocycles. The van der Waals surface area contributed by atoms with Gasteiger partial charge in [-0.1, -0.05) is 13.0 Å². The minimum Gasteiger partial charge on any atom is -0.354 e. The molecule has 1 aromatic carbocycles. The van der Waals surface area contributed by atoms with Crippen molar-refractivity contribution in [2.24, 2.45) is 0 Å². The summed E-state index contributed by atoms with van der Waals surface area (Å²) in [7, 11) is 0. The molecular formula is C14H17ClF4N2O. The van der Waals surface area contributed by atoms with Gasteiger partial charge >= 0.3 is 0 Å². The lowest BCUT2D eigenvalue weighted by Gasteiger charge is -2.16. The number of rotatable bonds is 4. The second-order valence-electron chi connectivity index (χ2n) is 5.31. The van der Waals surface area contributed by atoms with Crippen LogP contribution in [-0.2, 0) is 4.79 Å². The molecule has 0 spiro atoms. The molecule has 1 aromatic rings.